The van der Waals surface area contributed by atoms with E-state index < -0.39 is 0 Å². The Labute approximate surface area is 94.9 Å². The maximum absolute atomic E-state index is 12.1. The molecular formula is C12H16N2O2. The number of hydrogen-bond acceptors (Lipinski definition) is 3. The highest BCUT2D eigenvalue weighted by Gasteiger charge is 2.29. The average molecular weight is 220 g/mol. The number of nitrogens with zero attached hydrogens (tertiary/aromatic N) is 2. The number of pyridine rings is 1. The van der Waals surface area contributed by atoms with E-state index in [0.29, 0.717) is 18.3 Å². The van der Waals surface area contributed by atoms with Crippen LogP contribution in [0.3, 0.4) is 0 Å². The molecule has 2 rings (SSSR count). The Morgan fingerprint density at radius 2 is 2.31 bits per heavy atom. The Morgan fingerprint density at radius 1 is 1.50 bits per heavy atom. The first-order valence-electron chi connectivity index (χ1n) is 5.66. The minimum atomic E-state index is -0.0700. The monoisotopic (exact) mass is 220 g/mol. The minimum Gasteiger partial charge on any atom is -0.395 e. The summed E-state index contributed by atoms with van der Waals surface area (Å²) in [5, 5.41) is 8.99. The summed E-state index contributed by atoms with van der Waals surface area (Å²) < 4.78 is 0. The zero-order chi connectivity index (χ0) is 11.4. The van der Waals surface area contributed by atoms with Gasteiger partial charge in [-0.1, -0.05) is 6.07 Å². The van der Waals surface area contributed by atoms with Crippen molar-refractivity contribution in [3.8, 4) is 0 Å². The van der Waals surface area contributed by atoms with Crippen LogP contribution in [0.15, 0.2) is 24.4 Å². The Kier molecular flexibility index (Phi) is 3.51. The highest BCUT2D eigenvalue weighted by atomic mass is 16.3. The molecule has 1 aliphatic carbocycles. The van der Waals surface area contributed by atoms with E-state index in [4.69, 9.17) is 5.11 Å². The van der Waals surface area contributed by atoms with E-state index in [1.807, 2.05) is 0 Å². The smallest absolute Gasteiger partial charge is 0.272 e. The van der Waals surface area contributed by atoms with Gasteiger partial charge < -0.3 is 10.0 Å². The third kappa shape index (κ3) is 2.22. The predicted octanol–water partition coefficient (Wildman–Crippen LogP) is 1.07. The predicted molar refractivity (Wildman–Crippen MR) is 60.0 cm³/mol. The molecule has 0 aliphatic heterocycles. The molecule has 4 nitrogen and oxygen atoms in total. The molecule has 0 spiro atoms. The van der Waals surface area contributed by atoms with Gasteiger partial charge in [0.15, 0.2) is 0 Å². The number of aromatic nitrogens is 1. The topological polar surface area (TPSA) is 53.4 Å². The molecule has 0 atom stereocenters. The standard InChI is InChI=1S/C12H16N2O2/c15-9-8-14(10-4-3-5-10)12(16)11-6-1-2-7-13-11/h1-2,6-7,10,15H,3-5,8-9H2. The SMILES string of the molecule is O=C(c1ccccn1)N(CCO)C1CCC1. The van der Waals surface area contributed by atoms with Gasteiger partial charge in [0.2, 0.25) is 0 Å². The van der Waals surface area contributed by atoms with E-state index in [0.717, 1.165) is 12.8 Å². The van der Waals surface area contributed by atoms with Crippen LogP contribution in [0.25, 0.3) is 0 Å². The second-order valence-electron chi connectivity index (χ2n) is 4.02. The van der Waals surface area contributed by atoms with Crippen molar-refractivity contribution in [3.05, 3.63) is 30.1 Å². The molecule has 4 heteroatoms. The molecule has 1 heterocycles. The van der Waals surface area contributed by atoms with Crippen LogP contribution < -0.4 is 0 Å². The molecule has 0 bridgehead atoms. The average Bonchev–Trinajstić information content (AvgIpc) is 2.26. The molecule has 0 radical (unpaired) electrons. The van der Waals surface area contributed by atoms with E-state index in [1.165, 1.54) is 6.42 Å². The quantitative estimate of drug-likeness (QED) is 0.825. The number of aliphatic hydroxyl groups excluding tert-OH is 1. The molecule has 1 amide bonds. The van der Waals surface area contributed by atoms with Gasteiger partial charge in [-0.05, 0) is 31.4 Å². The van der Waals surface area contributed by atoms with Crippen LogP contribution in [0.1, 0.15) is 29.8 Å². The van der Waals surface area contributed by atoms with Crippen molar-refractivity contribution in [2.75, 3.05) is 13.2 Å². The molecule has 1 saturated carbocycles. The number of carbonyl (C=O) groups excluding carboxylic acids is 1. The van der Waals surface area contributed by atoms with Crippen LogP contribution in [-0.4, -0.2) is 40.1 Å². The third-order valence-corrected chi connectivity index (χ3v) is 3.00. The highest BCUT2D eigenvalue weighted by Crippen LogP contribution is 2.25. The normalized spacial score (nSPS) is 15.6. The lowest BCUT2D eigenvalue weighted by Crippen LogP contribution is -2.45. The van der Waals surface area contributed by atoms with Crippen LogP contribution in [0, 0.1) is 0 Å². The van der Waals surface area contributed by atoms with Crippen molar-refractivity contribution in [1.82, 2.24) is 9.88 Å². The summed E-state index contributed by atoms with van der Waals surface area (Å²) >= 11 is 0. The summed E-state index contributed by atoms with van der Waals surface area (Å²) in [5.41, 5.74) is 0.461. The Hall–Kier alpha value is -1.42. The van der Waals surface area contributed by atoms with Gasteiger partial charge in [0.05, 0.1) is 6.61 Å². The van der Waals surface area contributed by atoms with Crippen LogP contribution in [0.4, 0.5) is 0 Å². The van der Waals surface area contributed by atoms with Gasteiger partial charge in [-0.2, -0.15) is 0 Å². The van der Waals surface area contributed by atoms with Gasteiger partial charge in [-0.3, -0.25) is 9.78 Å². The van der Waals surface area contributed by atoms with Crippen molar-refractivity contribution < 1.29 is 9.90 Å². The molecule has 16 heavy (non-hydrogen) atoms. The Bertz CT molecular complexity index is 349. The molecule has 0 saturated heterocycles. The number of carbonyl (C=O) groups is 1. The molecule has 1 aliphatic rings. The first kappa shape index (κ1) is 11.1. The second-order valence-corrected chi connectivity index (χ2v) is 4.02. The lowest BCUT2D eigenvalue weighted by molar-refractivity contribution is 0.0520. The summed E-state index contributed by atoms with van der Waals surface area (Å²) in [5.74, 6) is -0.0700. The molecule has 0 unspecified atom stereocenters. The lowest BCUT2D eigenvalue weighted by Gasteiger charge is -2.37. The van der Waals surface area contributed by atoms with Gasteiger partial charge >= 0.3 is 0 Å². The fourth-order valence-corrected chi connectivity index (χ4v) is 1.89. The zero-order valence-corrected chi connectivity index (χ0v) is 9.17. The summed E-state index contributed by atoms with van der Waals surface area (Å²) in [6.45, 7) is 0.412. The minimum absolute atomic E-state index is 0.00900. The second kappa shape index (κ2) is 5.07. The van der Waals surface area contributed by atoms with E-state index in [2.05, 4.69) is 4.98 Å². The van der Waals surface area contributed by atoms with Crippen molar-refractivity contribution >= 4 is 5.91 Å². The molecule has 1 fully saturated rings. The van der Waals surface area contributed by atoms with Crippen molar-refractivity contribution in [3.63, 3.8) is 0 Å². The van der Waals surface area contributed by atoms with Crippen LogP contribution in [0.5, 0.6) is 0 Å². The Balaban J connectivity index is 2.10. The van der Waals surface area contributed by atoms with Gasteiger partial charge in [-0.25, -0.2) is 0 Å². The Morgan fingerprint density at radius 3 is 2.81 bits per heavy atom. The lowest BCUT2D eigenvalue weighted by atomic mass is 9.91. The first-order chi connectivity index (χ1) is 7.83. The molecule has 1 aromatic heterocycles. The highest BCUT2D eigenvalue weighted by molar-refractivity contribution is 5.92. The maximum Gasteiger partial charge on any atom is 0.272 e. The third-order valence-electron chi connectivity index (χ3n) is 3.00. The van der Waals surface area contributed by atoms with Crippen molar-refractivity contribution in [2.24, 2.45) is 0 Å². The molecule has 0 aromatic carbocycles. The fourth-order valence-electron chi connectivity index (χ4n) is 1.89. The number of amides is 1. The summed E-state index contributed by atoms with van der Waals surface area (Å²) in [6, 6.07) is 5.60. The first-order valence-corrected chi connectivity index (χ1v) is 5.66. The van der Waals surface area contributed by atoms with Crippen molar-refractivity contribution in [2.45, 2.75) is 25.3 Å². The molecule has 86 valence electrons. The van der Waals surface area contributed by atoms with Gasteiger partial charge in [0, 0.05) is 18.8 Å². The van der Waals surface area contributed by atoms with E-state index in [9.17, 15) is 4.79 Å². The van der Waals surface area contributed by atoms with E-state index in [1.54, 1.807) is 29.3 Å². The van der Waals surface area contributed by atoms with Gasteiger partial charge in [0.25, 0.3) is 5.91 Å². The van der Waals surface area contributed by atoms with E-state index in [-0.39, 0.29) is 12.5 Å². The number of aliphatic hydroxyl groups is 1. The van der Waals surface area contributed by atoms with Crippen LogP contribution >= 0.6 is 0 Å². The zero-order valence-electron chi connectivity index (χ0n) is 9.17. The van der Waals surface area contributed by atoms with Crippen molar-refractivity contribution in [1.29, 1.82) is 0 Å². The fraction of sp³-hybridized carbons (Fsp3) is 0.500. The van der Waals surface area contributed by atoms with Crippen LogP contribution in [-0.2, 0) is 0 Å². The summed E-state index contributed by atoms with van der Waals surface area (Å²) in [4.78, 5) is 17.9. The molecular weight excluding hydrogens is 204 g/mol. The van der Waals surface area contributed by atoms with E-state index >= 15 is 0 Å². The van der Waals surface area contributed by atoms with Crippen LogP contribution in [0.2, 0.25) is 0 Å². The molecule has 1 N–H and O–H groups in total. The van der Waals surface area contributed by atoms with Gasteiger partial charge in [-0.15, -0.1) is 0 Å². The largest absolute Gasteiger partial charge is 0.395 e. The molecule has 1 aromatic rings. The summed E-state index contributed by atoms with van der Waals surface area (Å²) in [7, 11) is 0. The summed E-state index contributed by atoms with van der Waals surface area (Å²) in [6.07, 6.45) is 4.87. The van der Waals surface area contributed by atoms with Gasteiger partial charge in [0.1, 0.15) is 5.69 Å². The maximum atomic E-state index is 12.1. The number of rotatable bonds is 4. The number of hydrogen-bond donors (Lipinski definition) is 1.